The second-order valence-electron chi connectivity index (χ2n) is 3.65. The van der Waals surface area contributed by atoms with Gasteiger partial charge in [-0.1, -0.05) is 43.5 Å². The lowest BCUT2D eigenvalue weighted by molar-refractivity contribution is 0.0508. The molecular formula is C15H16O3S. The zero-order valence-electron chi connectivity index (χ0n) is 10.5. The molecule has 0 saturated carbocycles. The predicted molar refractivity (Wildman–Crippen MR) is 79.4 cm³/mol. The molecule has 0 aliphatic rings. The van der Waals surface area contributed by atoms with Crippen LogP contribution in [0.1, 0.15) is 16.8 Å². The first kappa shape index (κ1) is 15.1. The van der Waals surface area contributed by atoms with Gasteiger partial charge in [0, 0.05) is 19.3 Å². The van der Waals surface area contributed by atoms with E-state index in [1.165, 1.54) is 0 Å². The van der Waals surface area contributed by atoms with Crippen molar-refractivity contribution in [1.82, 2.24) is 0 Å². The molecule has 0 N–H and O–H groups in total. The highest BCUT2D eigenvalue weighted by atomic mass is 32.1. The maximum Gasteiger partial charge on any atom is 0.341 e. The van der Waals surface area contributed by atoms with E-state index >= 15 is 0 Å². The third-order valence-electron chi connectivity index (χ3n) is 2.42. The first-order valence-corrected chi connectivity index (χ1v) is 6.11. The van der Waals surface area contributed by atoms with Gasteiger partial charge in [-0.05, 0) is 17.7 Å². The van der Waals surface area contributed by atoms with Gasteiger partial charge in [-0.25, -0.2) is 4.79 Å². The fourth-order valence-corrected chi connectivity index (χ4v) is 1.62. The summed E-state index contributed by atoms with van der Waals surface area (Å²) >= 11 is 3.70. The molecule has 4 heteroatoms. The van der Waals surface area contributed by atoms with Crippen LogP contribution in [0.25, 0.3) is 0 Å². The van der Waals surface area contributed by atoms with Gasteiger partial charge >= 0.3 is 5.97 Å². The lowest BCUT2D eigenvalue weighted by Crippen LogP contribution is -2.07. The molecule has 19 heavy (non-hydrogen) atoms. The fraction of sp³-hybridized carbons (Fsp3) is 0.133. The number of rotatable bonds is 7. The monoisotopic (exact) mass is 276 g/mol. The third kappa shape index (κ3) is 4.67. The van der Waals surface area contributed by atoms with Crippen LogP contribution < -0.4 is 4.18 Å². The standard InChI is InChI=1S/C15H16O3S/c1-3-7-12(4-2)10-11-17-15(16)13-8-5-6-9-14(13)18-19/h3-9,19H,1-2,10-11H2/b12-7+. The Morgan fingerprint density at radius 1 is 1.32 bits per heavy atom. The Morgan fingerprint density at radius 3 is 2.68 bits per heavy atom. The summed E-state index contributed by atoms with van der Waals surface area (Å²) in [5.74, 6) is -0.0620. The van der Waals surface area contributed by atoms with Crippen LogP contribution in [-0.4, -0.2) is 12.6 Å². The van der Waals surface area contributed by atoms with Gasteiger partial charge < -0.3 is 8.92 Å². The summed E-state index contributed by atoms with van der Waals surface area (Å²) in [4.78, 5) is 11.9. The lowest BCUT2D eigenvalue weighted by Gasteiger charge is -2.08. The number of allylic oxidation sites excluding steroid dienone is 3. The zero-order valence-corrected chi connectivity index (χ0v) is 11.4. The largest absolute Gasteiger partial charge is 0.462 e. The second-order valence-corrected chi connectivity index (χ2v) is 3.84. The topological polar surface area (TPSA) is 35.5 Å². The molecule has 3 nitrogen and oxygen atoms in total. The molecular weight excluding hydrogens is 260 g/mol. The van der Waals surface area contributed by atoms with E-state index in [0.717, 1.165) is 5.57 Å². The molecule has 0 spiro atoms. The Bertz CT molecular complexity index is 492. The minimum Gasteiger partial charge on any atom is -0.462 e. The van der Waals surface area contributed by atoms with E-state index in [1.807, 2.05) is 6.08 Å². The second kappa shape index (κ2) is 8.21. The van der Waals surface area contributed by atoms with Crippen LogP contribution in [0.15, 0.2) is 61.2 Å². The van der Waals surface area contributed by atoms with Crippen LogP contribution in [0.4, 0.5) is 0 Å². The summed E-state index contributed by atoms with van der Waals surface area (Å²) in [6, 6.07) is 6.77. The van der Waals surface area contributed by atoms with E-state index in [0.29, 0.717) is 17.7 Å². The highest BCUT2D eigenvalue weighted by molar-refractivity contribution is 7.75. The molecule has 1 rings (SSSR count). The summed E-state index contributed by atoms with van der Waals surface area (Å²) in [6.45, 7) is 7.55. The average Bonchev–Trinajstić information content (AvgIpc) is 2.46. The summed E-state index contributed by atoms with van der Waals surface area (Å²) in [5, 5.41) is 0. The van der Waals surface area contributed by atoms with Crippen molar-refractivity contribution < 1.29 is 13.7 Å². The Kier molecular flexibility index (Phi) is 6.53. The molecule has 0 aliphatic carbocycles. The number of esters is 1. The van der Waals surface area contributed by atoms with Crippen molar-refractivity contribution in [1.29, 1.82) is 0 Å². The molecule has 1 aromatic rings. The van der Waals surface area contributed by atoms with E-state index in [2.05, 4.69) is 26.1 Å². The normalized spacial score (nSPS) is 10.7. The number of para-hydroxylation sites is 1. The Balaban J connectivity index is 2.58. The SMILES string of the molecule is C=C/C=C(\C=C)CCOC(=O)c1ccccc1OS. The van der Waals surface area contributed by atoms with Gasteiger partial charge in [0.05, 0.1) is 6.61 Å². The first-order valence-electron chi connectivity index (χ1n) is 5.74. The van der Waals surface area contributed by atoms with Crippen molar-refractivity contribution in [3.63, 3.8) is 0 Å². The van der Waals surface area contributed by atoms with Gasteiger partial charge in [0.1, 0.15) is 5.56 Å². The van der Waals surface area contributed by atoms with Crippen molar-refractivity contribution in [2.75, 3.05) is 6.61 Å². The van der Waals surface area contributed by atoms with Crippen molar-refractivity contribution in [2.24, 2.45) is 0 Å². The quantitative estimate of drug-likeness (QED) is 0.356. The van der Waals surface area contributed by atoms with Crippen LogP contribution in [0.2, 0.25) is 0 Å². The van der Waals surface area contributed by atoms with E-state index in [-0.39, 0.29) is 6.61 Å². The highest BCUT2D eigenvalue weighted by Crippen LogP contribution is 2.20. The Hall–Kier alpha value is -1.94. The zero-order chi connectivity index (χ0) is 14.1. The molecule has 0 unspecified atom stereocenters. The fourth-order valence-electron chi connectivity index (χ4n) is 1.46. The summed E-state index contributed by atoms with van der Waals surface area (Å²) in [7, 11) is 0. The number of benzene rings is 1. The van der Waals surface area contributed by atoms with Crippen LogP contribution in [-0.2, 0) is 4.74 Å². The van der Waals surface area contributed by atoms with E-state index in [9.17, 15) is 4.79 Å². The van der Waals surface area contributed by atoms with Crippen molar-refractivity contribution in [3.8, 4) is 5.75 Å². The number of hydrogen-bond donors (Lipinski definition) is 1. The molecule has 0 atom stereocenters. The lowest BCUT2D eigenvalue weighted by atomic mass is 10.2. The van der Waals surface area contributed by atoms with Crippen LogP contribution in [0, 0.1) is 0 Å². The Labute approximate surface area is 118 Å². The van der Waals surface area contributed by atoms with Gasteiger partial charge in [-0.15, -0.1) is 0 Å². The minimum absolute atomic E-state index is 0.269. The number of thiol groups is 1. The van der Waals surface area contributed by atoms with Gasteiger partial charge in [0.15, 0.2) is 5.75 Å². The first-order chi connectivity index (χ1) is 9.22. The van der Waals surface area contributed by atoms with E-state index < -0.39 is 5.97 Å². The van der Waals surface area contributed by atoms with Gasteiger partial charge in [-0.3, -0.25) is 0 Å². The van der Waals surface area contributed by atoms with E-state index in [1.54, 1.807) is 36.4 Å². The summed E-state index contributed by atoms with van der Waals surface area (Å²) in [5.41, 5.74) is 1.31. The maximum absolute atomic E-state index is 11.9. The number of ether oxygens (including phenoxy) is 1. The van der Waals surface area contributed by atoms with E-state index in [4.69, 9.17) is 8.92 Å². The molecule has 0 amide bonds. The molecule has 0 heterocycles. The maximum atomic E-state index is 11.9. The molecule has 0 radical (unpaired) electrons. The van der Waals surface area contributed by atoms with Gasteiger partial charge in [-0.2, -0.15) is 0 Å². The van der Waals surface area contributed by atoms with Crippen molar-refractivity contribution >= 4 is 18.9 Å². The molecule has 0 bridgehead atoms. The molecule has 1 aromatic carbocycles. The number of carbonyl (C=O) groups excluding carboxylic acids is 1. The summed E-state index contributed by atoms with van der Waals surface area (Å²) in [6.07, 6.45) is 5.79. The van der Waals surface area contributed by atoms with Crippen molar-refractivity contribution in [3.05, 3.63) is 66.8 Å². The average molecular weight is 276 g/mol. The van der Waals surface area contributed by atoms with Gasteiger partial charge in [0.25, 0.3) is 0 Å². The molecule has 0 fully saturated rings. The molecule has 0 aromatic heterocycles. The summed E-state index contributed by atoms with van der Waals surface area (Å²) < 4.78 is 9.98. The van der Waals surface area contributed by atoms with Crippen LogP contribution in [0.5, 0.6) is 5.75 Å². The predicted octanol–water partition coefficient (Wildman–Crippen LogP) is 3.76. The molecule has 0 aliphatic heterocycles. The van der Waals surface area contributed by atoms with Crippen LogP contribution >= 0.6 is 12.9 Å². The molecule has 0 saturated heterocycles. The number of carbonyl (C=O) groups is 1. The van der Waals surface area contributed by atoms with Crippen molar-refractivity contribution in [2.45, 2.75) is 6.42 Å². The smallest absolute Gasteiger partial charge is 0.341 e. The molecule has 100 valence electrons. The number of hydrogen-bond acceptors (Lipinski definition) is 4. The minimum atomic E-state index is -0.438. The Morgan fingerprint density at radius 2 is 2.05 bits per heavy atom. The van der Waals surface area contributed by atoms with Gasteiger partial charge in [0.2, 0.25) is 0 Å². The third-order valence-corrected chi connectivity index (χ3v) is 2.62. The van der Waals surface area contributed by atoms with Crippen LogP contribution in [0.3, 0.4) is 0 Å². The highest BCUT2D eigenvalue weighted by Gasteiger charge is 2.12.